The number of benzene rings is 1. The zero-order valence-electron chi connectivity index (χ0n) is 17.8. The van der Waals surface area contributed by atoms with E-state index in [0.717, 1.165) is 40.9 Å². The third-order valence-corrected chi connectivity index (χ3v) is 9.16. The normalized spacial score (nSPS) is 17.4. The molecule has 0 fully saturated rings. The van der Waals surface area contributed by atoms with Gasteiger partial charge in [0.05, 0.1) is 12.0 Å². The van der Waals surface area contributed by atoms with E-state index in [0.29, 0.717) is 41.7 Å². The Labute approximate surface area is 185 Å². The molecule has 1 atom stereocenters. The minimum absolute atomic E-state index is 0.00231. The van der Waals surface area contributed by atoms with Gasteiger partial charge in [-0.1, -0.05) is 0 Å². The van der Waals surface area contributed by atoms with Crippen molar-refractivity contribution in [2.45, 2.75) is 75.5 Å². The average molecular weight is 469 g/mol. The zero-order chi connectivity index (χ0) is 22.7. The number of carbonyl (C=O) groups is 1. The third-order valence-electron chi connectivity index (χ3n) is 6.13. The van der Waals surface area contributed by atoms with Crippen LogP contribution in [0.5, 0.6) is 0 Å². The van der Waals surface area contributed by atoms with Crippen LogP contribution >= 0.6 is 11.3 Å². The Morgan fingerprint density at radius 3 is 2.10 bits per heavy atom. The zero-order valence-corrected chi connectivity index (χ0v) is 19.4. The largest absolute Gasteiger partial charge is 0.386 e. The second-order valence-corrected chi connectivity index (χ2v) is 12.0. The van der Waals surface area contributed by atoms with E-state index in [1.165, 1.54) is 13.8 Å². The number of aliphatic hydroxyl groups is 1. The molecule has 1 heterocycles. The number of nitrogens with zero attached hydrogens (tertiary/aromatic N) is 1. The molecule has 5 nitrogen and oxygen atoms in total. The lowest BCUT2D eigenvalue weighted by atomic mass is 9.91. The third kappa shape index (κ3) is 3.86. The Balaban J connectivity index is 1.73. The molecule has 0 saturated carbocycles. The van der Waals surface area contributed by atoms with E-state index < -0.39 is 27.2 Å². The van der Waals surface area contributed by atoms with Crippen LogP contribution in [0.25, 0.3) is 0 Å². The maximum atomic E-state index is 14.9. The molecule has 31 heavy (non-hydrogen) atoms. The van der Waals surface area contributed by atoms with Crippen LogP contribution in [-0.4, -0.2) is 15.2 Å². The number of thiophene rings is 1. The van der Waals surface area contributed by atoms with Crippen molar-refractivity contribution in [3.8, 4) is 0 Å². The molecule has 168 valence electrons. The summed E-state index contributed by atoms with van der Waals surface area (Å²) in [7, 11) is -3.82. The summed E-state index contributed by atoms with van der Waals surface area (Å²) < 4.78 is 46.2. The van der Waals surface area contributed by atoms with Gasteiger partial charge >= 0.3 is 0 Å². The summed E-state index contributed by atoms with van der Waals surface area (Å²) in [5.41, 5.74) is 2.41. The number of hydrogen-bond donors (Lipinski definition) is 2. The van der Waals surface area contributed by atoms with Crippen molar-refractivity contribution < 1.29 is 22.9 Å². The lowest BCUT2D eigenvalue weighted by molar-refractivity contribution is -0.117. The van der Waals surface area contributed by atoms with Crippen LogP contribution in [-0.2, 0) is 52.4 Å². The highest BCUT2D eigenvalue weighted by molar-refractivity contribution is 7.93. The van der Waals surface area contributed by atoms with Crippen LogP contribution in [0, 0.1) is 18.6 Å². The lowest BCUT2D eigenvalue weighted by Crippen LogP contribution is -2.20. The number of hydrogen-bond acceptors (Lipinski definition) is 4. The highest BCUT2D eigenvalue weighted by atomic mass is 32.2. The number of halogens is 2. The van der Waals surface area contributed by atoms with Crippen molar-refractivity contribution in [2.75, 3.05) is 0 Å². The number of amides is 1. The van der Waals surface area contributed by atoms with Crippen molar-refractivity contribution in [1.29, 1.82) is 0 Å². The molecule has 0 spiro atoms. The number of aryl methyl sites for hydroxylation is 1. The van der Waals surface area contributed by atoms with E-state index in [2.05, 4.69) is 4.36 Å². The summed E-state index contributed by atoms with van der Waals surface area (Å²) in [6.45, 7) is 4.43. The first-order valence-corrected chi connectivity index (χ1v) is 12.7. The number of nitrogens with two attached hydrogens (primary N) is 1. The predicted octanol–water partition coefficient (Wildman–Crippen LogP) is 4.01. The molecule has 2 aliphatic rings. The van der Waals surface area contributed by atoms with Crippen molar-refractivity contribution in [2.24, 2.45) is 9.50 Å². The Morgan fingerprint density at radius 2 is 1.61 bits per heavy atom. The molecule has 0 aliphatic heterocycles. The molecule has 2 aliphatic carbocycles. The number of fused-ring (bicyclic) bond motifs is 2. The minimum Gasteiger partial charge on any atom is -0.386 e. The van der Waals surface area contributed by atoms with E-state index >= 15 is 0 Å². The molecule has 4 rings (SSSR count). The van der Waals surface area contributed by atoms with Crippen LogP contribution in [0.1, 0.15) is 64.9 Å². The molecule has 0 radical (unpaired) electrons. The molecule has 2 aromatic rings. The van der Waals surface area contributed by atoms with Crippen molar-refractivity contribution in [1.82, 2.24) is 0 Å². The summed E-state index contributed by atoms with van der Waals surface area (Å²) in [6.07, 6.45) is 4.26. The Kier molecular flexibility index (Phi) is 5.61. The molecule has 1 aromatic heterocycles. The van der Waals surface area contributed by atoms with Crippen LogP contribution in [0.2, 0.25) is 0 Å². The van der Waals surface area contributed by atoms with Gasteiger partial charge in [0.1, 0.15) is 5.82 Å². The minimum atomic E-state index is -3.82. The van der Waals surface area contributed by atoms with E-state index in [1.807, 2.05) is 0 Å². The van der Waals surface area contributed by atoms with Crippen LogP contribution in [0.4, 0.5) is 8.78 Å². The Bertz CT molecular complexity index is 1180. The molecule has 1 unspecified atom stereocenters. The van der Waals surface area contributed by atoms with Gasteiger partial charge in [-0.25, -0.2) is 18.1 Å². The Morgan fingerprint density at radius 1 is 1.10 bits per heavy atom. The quantitative estimate of drug-likeness (QED) is 0.710. The van der Waals surface area contributed by atoms with E-state index in [9.17, 15) is 22.9 Å². The molecular formula is C22H26F2N2O3S2. The van der Waals surface area contributed by atoms with Gasteiger partial charge in [-0.3, -0.25) is 4.79 Å². The van der Waals surface area contributed by atoms with Gasteiger partial charge in [-0.15, -0.1) is 15.7 Å². The van der Waals surface area contributed by atoms with Crippen LogP contribution < -0.4 is 5.14 Å². The molecule has 1 amide bonds. The summed E-state index contributed by atoms with van der Waals surface area (Å²) in [5, 5.41) is 16.1. The van der Waals surface area contributed by atoms with E-state index in [-0.39, 0.29) is 22.0 Å². The van der Waals surface area contributed by atoms with Gasteiger partial charge in [-0.05, 0) is 87.1 Å². The van der Waals surface area contributed by atoms with Crippen LogP contribution in [0.15, 0.2) is 8.57 Å². The maximum absolute atomic E-state index is 14.9. The van der Waals surface area contributed by atoms with Gasteiger partial charge in [0.15, 0.2) is 19.9 Å². The van der Waals surface area contributed by atoms with E-state index in [1.54, 1.807) is 6.92 Å². The summed E-state index contributed by atoms with van der Waals surface area (Å²) in [5.74, 6) is -1.73. The summed E-state index contributed by atoms with van der Waals surface area (Å²) in [4.78, 5) is 13.2. The number of rotatable bonds is 4. The molecule has 0 bridgehead atoms. The second kappa shape index (κ2) is 7.72. The van der Waals surface area contributed by atoms with Gasteiger partial charge in [0.25, 0.3) is 5.91 Å². The average Bonchev–Trinajstić information content (AvgIpc) is 3.35. The Hall–Kier alpha value is -1.68. The number of carbonyl (C=O) groups excluding carboxylic acids is 1. The van der Waals surface area contributed by atoms with Gasteiger partial charge in [-0.2, -0.15) is 0 Å². The first-order valence-electron chi connectivity index (χ1n) is 10.3. The molecule has 1 aromatic carbocycles. The highest BCUT2D eigenvalue weighted by Gasteiger charge is 2.32. The molecule has 9 heteroatoms. The molecule has 3 N–H and O–H groups in total. The van der Waals surface area contributed by atoms with Crippen molar-refractivity contribution in [3.63, 3.8) is 0 Å². The SMILES string of the molecule is Cc1sc(S(N)(=O)=NC(=O)Cc2c3c(c(F)c4c2CCC4)CCC3)c(F)c1C(C)(C)O. The smallest absolute Gasteiger partial charge is 0.259 e. The fourth-order valence-corrected chi connectivity index (χ4v) is 7.66. The monoisotopic (exact) mass is 468 g/mol. The van der Waals surface area contributed by atoms with E-state index in [4.69, 9.17) is 5.14 Å². The lowest BCUT2D eigenvalue weighted by Gasteiger charge is -2.17. The molecule has 0 saturated heterocycles. The standard InChI is InChI=1S/C22H26F2N2O3S2/c1-11-18(22(2,3)28)20(24)21(30-11)31(25,29)26-17(27)10-16-12-6-4-8-14(12)19(23)15-9-5-7-13(15)16/h28H,4-10H2,1-3H3,(H2,25,26,27,29). The molecular weight excluding hydrogens is 442 g/mol. The summed E-state index contributed by atoms with van der Waals surface area (Å²) in [6, 6.07) is 0. The van der Waals surface area contributed by atoms with Crippen LogP contribution in [0.3, 0.4) is 0 Å². The van der Waals surface area contributed by atoms with Crippen molar-refractivity contribution >= 4 is 27.2 Å². The fourth-order valence-electron chi connectivity index (χ4n) is 4.97. The maximum Gasteiger partial charge on any atom is 0.259 e. The first kappa shape index (κ1) is 22.5. The fraction of sp³-hybridized carbons (Fsp3) is 0.500. The predicted molar refractivity (Wildman–Crippen MR) is 116 cm³/mol. The van der Waals surface area contributed by atoms with Gasteiger partial charge in [0.2, 0.25) is 0 Å². The second-order valence-electron chi connectivity index (χ2n) is 8.84. The first-order chi connectivity index (χ1) is 14.4. The van der Waals surface area contributed by atoms with Gasteiger partial charge < -0.3 is 5.11 Å². The summed E-state index contributed by atoms with van der Waals surface area (Å²) >= 11 is 0.834. The van der Waals surface area contributed by atoms with Crippen molar-refractivity contribution in [3.05, 3.63) is 49.9 Å². The van der Waals surface area contributed by atoms with Gasteiger partial charge in [0, 0.05) is 10.4 Å². The highest BCUT2D eigenvalue weighted by Crippen LogP contribution is 2.39. The topological polar surface area (TPSA) is 92.8 Å².